The van der Waals surface area contributed by atoms with Crippen LogP contribution in [0.3, 0.4) is 0 Å². The molecule has 0 spiro atoms. The molecule has 0 aliphatic carbocycles. The molecule has 36 heavy (non-hydrogen) atoms. The predicted molar refractivity (Wildman–Crippen MR) is 143 cm³/mol. The Balaban J connectivity index is 0.000000360. The van der Waals surface area contributed by atoms with Crippen LogP contribution >= 0.6 is 0 Å². The van der Waals surface area contributed by atoms with Gasteiger partial charge in [-0.2, -0.15) is 0 Å². The van der Waals surface area contributed by atoms with Crippen LogP contribution in [0.1, 0.15) is 123 Å². The Bertz CT molecular complexity index is 763. The van der Waals surface area contributed by atoms with Gasteiger partial charge in [-0.15, -0.1) is 0 Å². The van der Waals surface area contributed by atoms with Crippen LogP contribution < -0.4 is 17.2 Å². The van der Waals surface area contributed by atoms with Gasteiger partial charge in [0, 0.05) is 37.1 Å². The largest absolute Gasteiger partial charge is 0.370 e. The maximum atomic E-state index is 12.2. The molecular weight excluding hydrogens is 456 g/mol. The molecule has 1 aliphatic rings. The summed E-state index contributed by atoms with van der Waals surface area (Å²) in [5.74, 6) is -0.798. The number of nitrogens with two attached hydrogens (primary N) is 3. The Morgan fingerprint density at radius 3 is 1.28 bits per heavy atom. The molecule has 0 aromatic heterocycles. The Hall–Kier alpha value is -2.90. The number of hydrogen-bond acceptors (Lipinski definition) is 4. The van der Waals surface area contributed by atoms with Crippen molar-refractivity contribution in [3.63, 3.8) is 0 Å². The Morgan fingerprint density at radius 1 is 0.556 bits per heavy atom. The number of nitrogens with zero attached hydrogens (tertiary/aromatic N) is 1. The zero-order valence-electron chi connectivity index (χ0n) is 21.8. The maximum Gasteiger partial charge on any atom is 0.253 e. The van der Waals surface area contributed by atoms with E-state index in [0.29, 0.717) is 24.0 Å². The van der Waals surface area contributed by atoms with Gasteiger partial charge in [0.15, 0.2) is 0 Å². The number of carbonyl (C=O) groups excluding carboxylic acids is 4. The number of primary amides is 3. The summed E-state index contributed by atoms with van der Waals surface area (Å²) < 4.78 is 0. The van der Waals surface area contributed by atoms with E-state index in [9.17, 15) is 19.2 Å². The second-order valence-corrected chi connectivity index (χ2v) is 9.62. The van der Waals surface area contributed by atoms with Crippen molar-refractivity contribution in [1.82, 2.24) is 4.90 Å². The molecule has 0 atom stereocenters. The highest BCUT2D eigenvalue weighted by atomic mass is 16.2. The monoisotopic (exact) mass is 502 g/mol. The summed E-state index contributed by atoms with van der Waals surface area (Å²) in [7, 11) is 0. The number of amides is 4. The molecule has 0 bridgehead atoms. The lowest BCUT2D eigenvalue weighted by molar-refractivity contribution is -0.119. The van der Waals surface area contributed by atoms with Gasteiger partial charge in [0.05, 0.1) is 0 Å². The molecule has 8 nitrogen and oxygen atoms in total. The van der Waals surface area contributed by atoms with Gasteiger partial charge in [-0.1, -0.05) is 64.2 Å². The predicted octanol–water partition coefficient (Wildman–Crippen LogP) is 4.44. The average Bonchev–Trinajstić information content (AvgIpc) is 3.14. The molecule has 1 heterocycles. The van der Waals surface area contributed by atoms with Crippen LogP contribution in [0, 0.1) is 0 Å². The zero-order valence-corrected chi connectivity index (χ0v) is 21.8. The first-order valence-electron chi connectivity index (χ1n) is 13.6. The summed E-state index contributed by atoms with van der Waals surface area (Å²) in [6, 6.07) is 6.56. The number of unbranched alkanes of at least 4 members (excludes halogenated alkanes) is 9. The van der Waals surface area contributed by atoms with Crippen LogP contribution in [0.15, 0.2) is 24.3 Å². The molecule has 202 valence electrons. The SMILES string of the molecule is NC(=O)CCCCCCCCCCCCC(N)=O.NC(=O)c1ccc(C(=O)N2CCCCCC2)cc1. The molecule has 1 fully saturated rings. The van der Waals surface area contributed by atoms with Gasteiger partial charge in [-0.05, 0) is 49.9 Å². The fourth-order valence-electron chi connectivity index (χ4n) is 4.25. The lowest BCUT2D eigenvalue weighted by Gasteiger charge is -2.20. The van der Waals surface area contributed by atoms with Crippen molar-refractivity contribution in [1.29, 1.82) is 0 Å². The maximum absolute atomic E-state index is 12.2. The lowest BCUT2D eigenvalue weighted by Crippen LogP contribution is -2.31. The van der Waals surface area contributed by atoms with Gasteiger partial charge in [0.2, 0.25) is 17.7 Å². The van der Waals surface area contributed by atoms with E-state index in [0.717, 1.165) is 51.6 Å². The van der Waals surface area contributed by atoms with Crippen molar-refractivity contribution < 1.29 is 19.2 Å². The van der Waals surface area contributed by atoms with Crippen molar-refractivity contribution in [3.05, 3.63) is 35.4 Å². The van der Waals surface area contributed by atoms with Gasteiger partial charge < -0.3 is 22.1 Å². The summed E-state index contributed by atoms with van der Waals surface area (Å²) in [5.41, 5.74) is 16.4. The standard InChI is InChI=1S/C14H18N2O2.C14H28N2O2/c15-13(17)11-5-7-12(8-6-11)14(18)16-9-3-1-2-4-10-16;15-13(17)11-9-7-5-3-1-2-4-6-8-10-12-14(16)18/h5-8H,1-4,9-10H2,(H2,15,17);1-12H2,(H2,15,17)(H2,16,18). The smallest absolute Gasteiger partial charge is 0.253 e. The average molecular weight is 503 g/mol. The fraction of sp³-hybridized carbons (Fsp3) is 0.643. The van der Waals surface area contributed by atoms with Crippen LogP contribution in [-0.4, -0.2) is 41.6 Å². The summed E-state index contributed by atoms with van der Waals surface area (Å²) in [5, 5.41) is 0. The molecule has 0 saturated carbocycles. The molecule has 1 aromatic carbocycles. The van der Waals surface area contributed by atoms with E-state index < -0.39 is 5.91 Å². The summed E-state index contributed by atoms with van der Waals surface area (Å²) in [4.78, 5) is 46.1. The third kappa shape index (κ3) is 15.2. The highest BCUT2D eigenvalue weighted by Gasteiger charge is 2.17. The summed E-state index contributed by atoms with van der Waals surface area (Å²) in [6.07, 6.45) is 17.1. The van der Waals surface area contributed by atoms with Crippen molar-refractivity contribution in [2.75, 3.05) is 13.1 Å². The Kier molecular flexibility index (Phi) is 16.7. The molecule has 1 aromatic rings. The van der Waals surface area contributed by atoms with Gasteiger partial charge in [-0.3, -0.25) is 19.2 Å². The number of carbonyl (C=O) groups is 4. The van der Waals surface area contributed by atoms with Crippen LogP contribution in [0.25, 0.3) is 0 Å². The van der Waals surface area contributed by atoms with E-state index in [4.69, 9.17) is 17.2 Å². The molecule has 1 saturated heterocycles. The quantitative estimate of drug-likeness (QED) is 0.304. The minimum absolute atomic E-state index is 0.0490. The topological polar surface area (TPSA) is 150 Å². The van der Waals surface area contributed by atoms with E-state index in [2.05, 4.69) is 0 Å². The van der Waals surface area contributed by atoms with E-state index >= 15 is 0 Å². The zero-order chi connectivity index (χ0) is 26.6. The molecule has 8 heteroatoms. The molecule has 6 N–H and O–H groups in total. The molecule has 0 radical (unpaired) electrons. The van der Waals surface area contributed by atoms with E-state index in [1.54, 1.807) is 24.3 Å². The minimum atomic E-state index is -0.469. The number of likely N-dealkylation sites (tertiary alicyclic amines) is 1. The second kappa shape index (κ2) is 19.3. The van der Waals surface area contributed by atoms with E-state index in [1.807, 2.05) is 4.90 Å². The van der Waals surface area contributed by atoms with E-state index in [-0.39, 0.29) is 17.7 Å². The third-order valence-electron chi connectivity index (χ3n) is 6.41. The van der Waals surface area contributed by atoms with Gasteiger partial charge in [0.25, 0.3) is 5.91 Å². The van der Waals surface area contributed by atoms with E-state index in [1.165, 1.54) is 51.4 Å². The normalized spacial score (nSPS) is 13.3. The molecule has 1 aliphatic heterocycles. The van der Waals surface area contributed by atoms with Gasteiger partial charge in [0.1, 0.15) is 0 Å². The lowest BCUT2D eigenvalue weighted by atomic mass is 10.1. The van der Waals surface area contributed by atoms with Crippen molar-refractivity contribution in [3.8, 4) is 0 Å². The molecular formula is C28H46N4O4. The molecule has 4 amide bonds. The molecule has 0 unspecified atom stereocenters. The first-order chi connectivity index (χ1) is 17.3. The Morgan fingerprint density at radius 2 is 0.917 bits per heavy atom. The minimum Gasteiger partial charge on any atom is -0.370 e. The van der Waals surface area contributed by atoms with Crippen molar-refractivity contribution in [2.45, 2.75) is 103 Å². The number of benzene rings is 1. The van der Waals surface area contributed by atoms with Crippen LogP contribution in [0.5, 0.6) is 0 Å². The van der Waals surface area contributed by atoms with Gasteiger partial charge >= 0.3 is 0 Å². The highest BCUT2D eigenvalue weighted by molar-refractivity contribution is 5.97. The fourth-order valence-corrected chi connectivity index (χ4v) is 4.25. The summed E-state index contributed by atoms with van der Waals surface area (Å²) >= 11 is 0. The third-order valence-corrected chi connectivity index (χ3v) is 6.41. The van der Waals surface area contributed by atoms with Crippen molar-refractivity contribution in [2.24, 2.45) is 17.2 Å². The number of rotatable bonds is 15. The van der Waals surface area contributed by atoms with Crippen LogP contribution in [0.4, 0.5) is 0 Å². The van der Waals surface area contributed by atoms with Crippen LogP contribution in [-0.2, 0) is 9.59 Å². The Labute approximate surface area is 216 Å². The first-order valence-corrected chi connectivity index (χ1v) is 13.6. The number of hydrogen-bond donors (Lipinski definition) is 3. The second-order valence-electron chi connectivity index (χ2n) is 9.62. The van der Waals surface area contributed by atoms with Crippen LogP contribution in [0.2, 0.25) is 0 Å². The van der Waals surface area contributed by atoms with Crippen molar-refractivity contribution >= 4 is 23.6 Å². The molecule has 2 rings (SSSR count). The van der Waals surface area contributed by atoms with Gasteiger partial charge in [-0.25, -0.2) is 0 Å². The highest BCUT2D eigenvalue weighted by Crippen LogP contribution is 2.14. The summed E-state index contributed by atoms with van der Waals surface area (Å²) in [6.45, 7) is 1.66. The first kappa shape index (κ1) is 31.1.